The molecular weight excluding hydrogens is 256 g/mol. The minimum atomic E-state index is -0.0706. The van der Waals surface area contributed by atoms with Crippen LogP contribution in [0.5, 0.6) is 0 Å². The quantitative estimate of drug-likeness (QED) is 0.907. The predicted octanol–water partition coefficient (Wildman–Crippen LogP) is 1.11. The summed E-state index contributed by atoms with van der Waals surface area (Å²) in [6.45, 7) is 2.47. The first-order valence-corrected chi connectivity index (χ1v) is 6.78. The Kier molecular flexibility index (Phi) is 3.56. The predicted molar refractivity (Wildman–Crippen MR) is 76.3 cm³/mol. The number of hydrogen-bond acceptors (Lipinski definition) is 4. The normalized spacial score (nSPS) is 18.4. The fourth-order valence-corrected chi connectivity index (χ4v) is 2.46. The first-order valence-electron chi connectivity index (χ1n) is 6.78. The summed E-state index contributed by atoms with van der Waals surface area (Å²) in [5.41, 5.74) is 1.29. The fraction of sp³-hybridized carbons (Fsp3) is 0.429. The molecule has 1 saturated heterocycles. The molecule has 106 valence electrons. The van der Waals surface area contributed by atoms with Crippen molar-refractivity contribution < 1.29 is 4.74 Å². The van der Waals surface area contributed by atoms with Gasteiger partial charge in [0.2, 0.25) is 0 Å². The van der Waals surface area contributed by atoms with Crippen LogP contribution in [0.2, 0.25) is 0 Å². The Bertz CT molecular complexity index is 641. The van der Waals surface area contributed by atoms with Gasteiger partial charge in [0.15, 0.2) is 0 Å². The van der Waals surface area contributed by atoms with Crippen LogP contribution in [0, 0.1) is 5.92 Å². The van der Waals surface area contributed by atoms with Gasteiger partial charge >= 0.3 is 0 Å². The summed E-state index contributed by atoms with van der Waals surface area (Å²) < 4.78 is 8.85. The van der Waals surface area contributed by atoms with Crippen LogP contribution in [-0.4, -0.2) is 34.6 Å². The molecule has 3 heterocycles. The zero-order valence-corrected chi connectivity index (χ0v) is 11.5. The van der Waals surface area contributed by atoms with Crippen molar-refractivity contribution in [3.05, 3.63) is 41.1 Å². The molecule has 1 aliphatic heterocycles. The summed E-state index contributed by atoms with van der Waals surface area (Å²) in [5, 5.41) is 7.23. The Labute approximate surface area is 117 Å². The summed E-state index contributed by atoms with van der Waals surface area (Å²) in [7, 11) is 1.74. The average molecular weight is 274 g/mol. The zero-order valence-electron chi connectivity index (χ0n) is 11.5. The number of pyridine rings is 1. The molecule has 1 N–H and O–H groups in total. The van der Waals surface area contributed by atoms with Crippen molar-refractivity contribution in [2.75, 3.05) is 25.6 Å². The van der Waals surface area contributed by atoms with Gasteiger partial charge in [-0.1, -0.05) is 0 Å². The summed E-state index contributed by atoms with van der Waals surface area (Å²) in [6.07, 6.45) is 6.45. The van der Waals surface area contributed by atoms with Crippen molar-refractivity contribution in [1.29, 1.82) is 0 Å². The molecule has 2 aromatic rings. The van der Waals surface area contributed by atoms with Gasteiger partial charge in [0.1, 0.15) is 5.69 Å². The van der Waals surface area contributed by atoms with Crippen molar-refractivity contribution in [2.24, 2.45) is 5.92 Å². The summed E-state index contributed by atoms with van der Waals surface area (Å²) >= 11 is 0. The van der Waals surface area contributed by atoms with Crippen LogP contribution in [0.4, 0.5) is 5.69 Å². The monoisotopic (exact) mass is 274 g/mol. The van der Waals surface area contributed by atoms with Gasteiger partial charge in [-0.25, -0.2) is 0 Å². The molecule has 1 fully saturated rings. The van der Waals surface area contributed by atoms with Gasteiger partial charge in [-0.05, 0) is 18.6 Å². The molecule has 0 amide bonds. The average Bonchev–Trinajstić information content (AvgIpc) is 3.11. The van der Waals surface area contributed by atoms with E-state index in [0.29, 0.717) is 11.6 Å². The lowest BCUT2D eigenvalue weighted by molar-refractivity contribution is 0.181. The Morgan fingerprint density at radius 1 is 1.55 bits per heavy atom. The van der Waals surface area contributed by atoms with E-state index < -0.39 is 0 Å². The fourth-order valence-electron chi connectivity index (χ4n) is 2.46. The highest BCUT2D eigenvalue weighted by molar-refractivity contribution is 5.42. The van der Waals surface area contributed by atoms with Crippen LogP contribution in [0.3, 0.4) is 0 Å². The molecule has 0 aromatic carbocycles. The molecule has 1 atom stereocenters. The number of nitrogens with one attached hydrogen (secondary N) is 1. The van der Waals surface area contributed by atoms with Crippen molar-refractivity contribution in [3.8, 4) is 5.69 Å². The molecule has 1 aliphatic rings. The van der Waals surface area contributed by atoms with Crippen molar-refractivity contribution >= 4 is 5.69 Å². The molecule has 0 unspecified atom stereocenters. The van der Waals surface area contributed by atoms with E-state index in [1.54, 1.807) is 30.1 Å². The van der Waals surface area contributed by atoms with E-state index in [1.807, 2.05) is 16.9 Å². The molecule has 2 aromatic heterocycles. The third kappa shape index (κ3) is 2.46. The number of rotatable bonds is 4. The molecule has 20 heavy (non-hydrogen) atoms. The smallest absolute Gasteiger partial charge is 0.278 e. The van der Waals surface area contributed by atoms with E-state index in [9.17, 15) is 4.79 Å². The third-order valence-corrected chi connectivity index (χ3v) is 3.58. The number of hydrogen-bond donors (Lipinski definition) is 1. The van der Waals surface area contributed by atoms with E-state index in [0.717, 1.165) is 31.9 Å². The number of anilines is 1. The summed E-state index contributed by atoms with van der Waals surface area (Å²) in [4.78, 5) is 12.2. The standard InChI is InChI=1S/C14H18N4O2/c1-15-13-3-2-5-18(14(13)19)12-7-16-17(9-12)8-11-4-6-20-10-11/h2-3,5,7,9,11,15H,4,6,8,10H2,1H3/t11-/m1/s1. The maximum atomic E-state index is 12.2. The van der Waals surface area contributed by atoms with Crippen LogP contribution in [0.15, 0.2) is 35.5 Å². The van der Waals surface area contributed by atoms with Crippen molar-refractivity contribution in [1.82, 2.24) is 14.3 Å². The highest BCUT2D eigenvalue weighted by Gasteiger charge is 2.16. The highest BCUT2D eigenvalue weighted by atomic mass is 16.5. The third-order valence-electron chi connectivity index (χ3n) is 3.58. The van der Waals surface area contributed by atoms with Gasteiger partial charge in [-0.2, -0.15) is 5.10 Å². The van der Waals surface area contributed by atoms with Crippen LogP contribution >= 0.6 is 0 Å². The minimum absolute atomic E-state index is 0.0706. The highest BCUT2D eigenvalue weighted by Crippen LogP contribution is 2.15. The largest absolute Gasteiger partial charge is 0.384 e. The molecular formula is C14H18N4O2. The zero-order chi connectivity index (χ0) is 13.9. The molecule has 0 spiro atoms. The first-order chi connectivity index (χ1) is 9.78. The minimum Gasteiger partial charge on any atom is -0.384 e. The van der Waals surface area contributed by atoms with E-state index in [4.69, 9.17) is 4.74 Å². The number of nitrogens with zero attached hydrogens (tertiary/aromatic N) is 3. The van der Waals surface area contributed by atoms with E-state index in [2.05, 4.69) is 10.4 Å². The number of aromatic nitrogens is 3. The molecule has 0 radical (unpaired) electrons. The molecule has 6 nitrogen and oxygen atoms in total. The van der Waals surface area contributed by atoms with Crippen LogP contribution in [-0.2, 0) is 11.3 Å². The maximum Gasteiger partial charge on any atom is 0.278 e. The van der Waals surface area contributed by atoms with E-state index in [1.165, 1.54) is 0 Å². The lowest BCUT2D eigenvalue weighted by Crippen LogP contribution is -2.20. The topological polar surface area (TPSA) is 61.1 Å². The lowest BCUT2D eigenvalue weighted by Gasteiger charge is -2.07. The Morgan fingerprint density at radius 3 is 3.20 bits per heavy atom. The number of ether oxygens (including phenoxy) is 1. The molecule has 0 aliphatic carbocycles. The second-order valence-electron chi connectivity index (χ2n) is 5.00. The lowest BCUT2D eigenvalue weighted by atomic mass is 10.1. The molecule has 0 bridgehead atoms. The second kappa shape index (κ2) is 5.50. The van der Waals surface area contributed by atoms with E-state index in [-0.39, 0.29) is 5.56 Å². The van der Waals surface area contributed by atoms with Gasteiger partial charge in [0, 0.05) is 38.5 Å². The molecule has 6 heteroatoms. The Balaban J connectivity index is 1.84. The summed E-state index contributed by atoms with van der Waals surface area (Å²) in [6, 6.07) is 3.61. The SMILES string of the molecule is CNc1cccn(-c2cnn(C[C@H]3CCOC3)c2)c1=O. The molecule has 0 saturated carbocycles. The summed E-state index contributed by atoms with van der Waals surface area (Å²) in [5.74, 6) is 0.517. The van der Waals surface area contributed by atoms with Crippen molar-refractivity contribution in [3.63, 3.8) is 0 Å². The van der Waals surface area contributed by atoms with Crippen LogP contribution in [0.1, 0.15) is 6.42 Å². The van der Waals surface area contributed by atoms with Gasteiger partial charge in [-0.15, -0.1) is 0 Å². The van der Waals surface area contributed by atoms with Gasteiger partial charge in [-0.3, -0.25) is 14.0 Å². The maximum absolute atomic E-state index is 12.2. The second-order valence-corrected chi connectivity index (χ2v) is 5.00. The Morgan fingerprint density at radius 2 is 2.45 bits per heavy atom. The van der Waals surface area contributed by atoms with Gasteiger partial charge < -0.3 is 10.1 Å². The first kappa shape index (κ1) is 12.9. The van der Waals surface area contributed by atoms with Crippen LogP contribution in [0.25, 0.3) is 5.69 Å². The van der Waals surface area contributed by atoms with Gasteiger partial charge in [0.25, 0.3) is 5.56 Å². The van der Waals surface area contributed by atoms with Crippen LogP contribution < -0.4 is 10.9 Å². The van der Waals surface area contributed by atoms with Gasteiger partial charge in [0.05, 0.1) is 18.5 Å². The van der Waals surface area contributed by atoms with E-state index >= 15 is 0 Å². The van der Waals surface area contributed by atoms with Crippen molar-refractivity contribution in [2.45, 2.75) is 13.0 Å². The Hall–Kier alpha value is -2.08. The molecule has 3 rings (SSSR count).